The van der Waals surface area contributed by atoms with E-state index in [0.29, 0.717) is 31.7 Å². The monoisotopic (exact) mass is 449 g/mol. The molecule has 2 fully saturated rings. The largest absolute Gasteiger partial charge is 0.508 e. The average Bonchev–Trinajstić information content (AvgIpc) is 2.78. The Hall–Kier alpha value is -2.86. The fourth-order valence-electron chi connectivity index (χ4n) is 5.17. The standard InChI is InChI=1S/C27H35N3O3/c1-19(2)15-24-25(32)30(18-22-6-4-5-20(3)16-22)27(26(33)28-24)11-13-29(14-12-27)17-21-7-9-23(31)10-8-21/h4-10,16,19,24,31H,11-15,17-18H2,1-3H3,(H,28,33). The van der Waals surface area contributed by atoms with Crippen molar-refractivity contribution < 1.29 is 14.7 Å². The minimum Gasteiger partial charge on any atom is -0.508 e. The van der Waals surface area contributed by atoms with E-state index in [1.54, 1.807) is 12.1 Å². The Morgan fingerprint density at radius 1 is 1.03 bits per heavy atom. The highest BCUT2D eigenvalue weighted by Gasteiger charge is 2.53. The van der Waals surface area contributed by atoms with Crippen molar-refractivity contribution in [3.63, 3.8) is 0 Å². The molecule has 2 N–H and O–H groups in total. The Balaban J connectivity index is 1.55. The number of rotatable bonds is 6. The zero-order chi connectivity index (χ0) is 23.6. The van der Waals surface area contributed by atoms with Crippen LogP contribution in [0.5, 0.6) is 5.75 Å². The van der Waals surface area contributed by atoms with E-state index < -0.39 is 11.6 Å². The van der Waals surface area contributed by atoms with Gasteiger partial charge in [0.1, 0.15) is 17.3 Å². The summed E-state index contributed by atoms with van der Waals surface area (Å²) in [5, 5.41) is 12.6. The second-order valence-corrected chi connectivity index (χ2v) is 10.0. The van der Waals surface area contributed by atoms with E-state index in [-0.39, 0.29) is 17.6 Å². The van der Waals surface area contributed by atoms with E-state index in [9.17, 15) is 14.7 Å². The van der Waals surface area contributed by atoms with Crippen molar-refractivity contribution in [1.29, 1.82) is 0 Å². The highest BCUT2D eigenvalue weighted by atomic mass is 16.3. The molecule has 0 saturated carbocycles. The average molecular weight is 450 g/mol. The first kappa shape index (κ1) is 23.3. The van der Waals surface area contributed by atoms with Crippen molar-refractivity contribution in [3.8, 4) is 5.75 Å². The van der Waals surface area contributed by atoms with E-state index >= 15 is 0 Å². The molecule has 33 heavy (non-hydrogen) atoms. The van der Waals surface area contributed by atoms with Crippen LogP contribution in [0.1, 0.15) is 49.8 Å². The van der Waals surface area contributed by atoms with Gasteiger partial charge in [-0.3, -0.25) is 14.5 Å². The molecule has 176 valence electrons. The van der Waals surface area contributed by atoms with Gasteiger partial charge in [0.05, 0.1) is 0 Å². The molecule has 1 atom stereocenters. The number of amides is 2. The Kier molecular flexibility index (Phi) is 6.75. The van der Waals surface area contributed by atoms with Gasteiger partial charge in [-0.25, -0.2) is 0 Å². The third-order valence-corrected chi connectivity index (χ3v) is 6.96. The van der Waals surface area contributed by atoms with Crippen molar-refractivity contribution in [2.45, 2.75) is 64.7 Å². The van der Waals surface area contributed by atoms with Gasteiger partial charge >= 0.3 is 0 Å². The quantitative estimate of drug-likeness (QED) is 0.707. The van der Waals surface area contributed by atoms with Crippen LogP contribution >= 0.6 is 0 Å². The summed E-state index contributed by atoms with van der Waals surface area (Å²) in [4.78, 5) is 31.4. The molecule has 6 heteroatoms. The molecule has 0 aromatic heterocycles. The molecule has 4 rings (SSSR count). The Labute approximate surface area is 196 Å². The molecular formula is C27H35N3O3. The smallest absolute Gasteiger partial charge is 0.246 e. The second kappa shape index (κ2) is 9.56. The number of piperazine rings is 1. The van der Waals surface area contributed by atoms with Gasteiger partial charge in [-0.05, 0) is 55.4 Å². The summed E-state index contributed by atoms with van der Waals surface area (Å²) < 4.78 is 0. The molecule has 2 aliphatic heterocycles. The molecular weight excluding hydrogens is 414 g/mol. The molecule has 0 aliphatic carbocycles. The number of benzene rings is 2. The fourth-order valence-corrected chi connectivity index (χ4v) is 5.17. The lowest BCUT2D eigenvalue weighted by atomic mass is 9.80. The van der Waals surface area contributed by atoms with Gasteiger partial charge < -0.3 is 15.3 Å². The van der Waals surface area contributed by atoms with Crippen LogP contribution in [0.4, 0.5) is 0 Å². The highest BCUT2D eigenvalue weighted by molar-refractivity contribution is 6.00. The molecule has 2 heterocycles. The zero-order valence-electron chi connectivity index (χ0n) is 19.9. The minimum absolute atomic E-state index is 0.00955. The third kappa shape index (κ3) is 5.06. The van der Waals surface area contributed by atoms with Crippen LogP contribution in [-0.4, -0.2) is 51.4 Å². The predicted molar refractivity (Wildman–Crippen MR) is 128 cm³/mol. The van der Waals surface area contributed by atoms with Gasteiger partial charge in [0.2, 0.25) is 11.8 Å². The molecule has 1 unspecified atom stereocenters. The second-order valence-electron chi connectivity index (χ2n) is 10.0. The van der Waals surface area contributed by atoms with E-state index in [4.69, 9.17) is 0 Å². The molecule has 2 saturated heterocycles. The molecule has 2 aliphatic rings. The van der Waals surface area contributed by atoms with Gasteiger partial charge in [-0.15, -0.1) is 0 Å². The molecule has 0 bridgehead atoms. The van der Waals surface area contributed by atoms with Crippen molar-refractivity contribution in [3.05, 3.63) is 65.2 Å². The summed E-state index contributed by atoms with van der Waals surface area (Å²) >= 11 is 0. The Morgan fingerprint density at radius 2 is 1.73 bits per heavy atom. The predicted octanol–water partition coefficient (Wildman–Crippen LogP) is 3.61. The molecule has 0 radical (unpaired) electrons. The maximum absolute atomic E-state index is 13.6. The van der Waals surface area contributed by atoms with Gasteiger partial charge in [-0.1, -0.05) is 55.8 Å². The lowest BCUT2D eigenvalue weighted by Crippen LogP contribution is -2.72. The summed E-state index contributed by atoms with van der Waals surface area (Å²) in [7, 11) is 0. The van der Waals surface area contributed by atoms with Gasteiger partial charge in [-0.2, -0.15) is 0 Å². The van der Waals surface area contributed by atoms with Crippen molar-refractivity contribution in [2.24, 2.45) is 5.92 Å². The Bertz CT molecular complexity index is 994. The molecule has 2 amide bonds. The Morgan fingerprint density at radius 3 is 2.36 bits per heavy atom. The van der Waals surface area contributed by atoms with Gasteiger partial charge in [0.25, 0.3) is 0 Å². The number of likely N-dealkylation sites (tertiary alicyclic amines) is 1. The van der Waals surface area contributed by atoms with Crippen LogP contribution in [-0.2, 0) is 22.7 Å². The topological polar surface area (TPSA) is 72.9 Å². The first-order valence-corrected chi connectivity index (χ1v) is 11.9. The first-order valence-electron chi connectivity index (χ1n) is 11.9. The summed E-state index contributed by atoms with van der Waals surface area (Å²) in [5.74, 6) is 0.610. The summed E-state index contributed by atoms with van der Waals surface area (Å²) in [6, 6.07) is 15.0. The van der Waals surface area contributed by atoms with Crippen molar-refractivity contribution in [1.82, 2.24) is 15.1 Å². The number of phenols is 1. The van der Waals surface area contributed by atoms with E-state index in [0.717, 1.165) is 36.3 Å². The van der Waals surface area contributed by atoms with Crippen LogP contribution in [0, 0.1) is 12.8 Å². The number of aromatic hydroxyl groups is 1. The number of hydrogen-bond acceptors (Lipinski definition) is 4. The van der Waals surface area contributed by atoms with E-state index in [2.05, 4.69) is 30.1 Å². The fraction of sp³-hybridized carbons (Fsp3) is 0.481. The maximum Gasteiger partial charge on any atom is 0.246 e. The number of phenolic OH excluding ortho intramolecular Hbond substituents is 1. The normalized spacial score (nSPS) is 21.0. The number of nitrogens with one attached hydrogen (secondary N) is 1. The molecule has 2 aromatic carbocycles. The third-order valence-electron chi connectivity index (χ3n) is 6.96. The summed E-state index contributed by atoms with van der Waals surface area (Å²) in [6.07, 6.45) is 1.88. The summed E-state index contributed by atoms with van der Waals surface area (Å²) in [5.41, 5.74) is 2.53. The number of carbonyl (C=O) groups is 2. The maximum atomic E-state index is 13.6. The lowest BCUT2D eigenvalue weighted by Gasteiger charge is -2.52. The van der Waals surface area contributed by atoms with Crippen LogP contribution in [0.25, 0.3) is 0 Å². The SMILES string of the molecule is Cc1cccc(CN2C(=O)C(CC(C)C)NC(=O)C23CCN(Cc2ccc(O)cc2)CC3)c1. The minimum atomic E-state index is -0.806. The van der Waals surface area contributed by atoms with Crippen molar-refractivity contribution >= 4 is 11.8 Å². The van der Waals surface area contributed by atoms with E-state index in [1.165, 1.54) is 0 Å². The van der Waals surface area contributed by atoms with Crippen molar-refractivity contribution in [2.75, 3.05) is 13.1 Å². The van der Waals surface area contributed by atoms with Gasteiger partial charge in [0, 0.05) is 26.2 Å². The number of nitrogens with zero attached hydrogens (tertiary/aromatic N) is 2. The number of piperidine rings is 1. The number of hydrogen-bond donors (Lipinski definition) is 2. The summed E-state index contributed by atoms with van der Waals surface area (Å²) in [6.45, 7) is 8.90. The van der Waals surface area contributed by atoms with E-state index in [1.807, 2.05) is 42.2 Å². The molecule has 1 spiro atoms. The van der Waals surface area contributed by atoms with Crippen LogP contribution in [0.2, 0.25) is 0 Å². The highest BCUT2D eigenvalue weighted by Crippen LogP contribution is 2.35. The van der Waals surface area contributed by atoms with Crippen LogP contribution in [0.15, 0.2) is 48.5 Å². The zero-order valence-corrected chi connectivity index (χ0v) is 19.9. The van der Waals surface area contributed by atoms with Crippen LogP contribution < -0.4 is 5.32 Å². The number of carbonyl (C=O) groups excluding carboxylic acids is 2. The lowest BCUT2D eigenvalue weighted by molar-refractivity contribution is -0.162. The molecule has 2 aromatic rings. The van der Waals surface area contributed by atoms with Crippen LogP contribution in [0.3, 0.4) is 0 Å². The number of aryl methyl sites for hydroxylation is 1. The first-order chi connectivity index (χ1) is 15.8. The van der Waals surface area contributed by atoms with Gasteiger partial charge in [0.15, 0.2) is 0 Å². The molecule has 6 nitrogen and oxygen atoms in total.